The first kappa shape index (κ1) is 17.4. The van der Waals surface area contributed by atoms with Gasteiger partial charge in [0.25, 0.3) is 0 Å². The molecule has 4 bridgehead atoms. The Kier molecular flexibility index (Phi) is 4.33. The number of benzene rings is 1. The van der Waals surface area contributed by atoms with E-state index < -0.39 is 0 Å². The molecule has 4 nitrogen and oxygen atoms in total. The van der Waals surface area contributed by atoms with Crippen molar-refractivity contribution in [3.63, 3.8) is 0 Å². The molecule has 0 atom stereocenters. The lowest BCUT2D eigenvalue weighted by atomic mass is 9.54. The maximum Gasteiger partial charge on any atom is 0.317 e. The van der Waals surface area contributed by atoms with E-state index in [2.05, 4.69) is 42.3 Å². The van der Waals surface area contributed by atoms with Crippen LogP contribution in [0.5, 0.6) is 0 Å². The first-order valence-electron chi connectivity index (χ1n) is 10.9. The SMILES string of the molecule is Cc1cccc(N2CCN(C(=O)NC3C4CC5CC(C4)CC3C5)CC2)c1C. The van der Waals surface area contributed by atoms with Gasteiger partial charge in [0, 0.05) is 37.9 Å². The number of nitrogens with zero attached hydrogens (tertiary/aromatic N) is 2. The van der Waals surface area contributed by atoms with Crippen LogP contribution in [0.4, 0.5) is 10.5 Å². The van der Waals surface area contributed by atoms with Gasteiger partial charge >= 0.3 is 6.03 Å². The molecule has 4 heteroatoms. The summed E-state index contributed by atoms with van der Waals surface area (Å²) >= 11 is 0. The zero-order valence-electron chi connectivity index (χ0n) is 16.8. The Bertz CT molecular complexity index is 694. The van der Waals surface area contributed by atoms with Gasteiger partial charge < -0.3 is 15.1 Å². The molecule has 1 heterocycles. The van der Waals surface area contributed by atoms with Crippen molar-refractivity contribution in [1.29, 1.82) is 0 Å². The van der Waals surface area contributed by atoms with Crippen molar-refractivity contribution in [2.24, 2.45) is 23.7 Å². The van der Waals surface area contributed by atoms with Crippen molar-refractivity contribution in [1.82, 2.24) is 10.2 Å². The number of carbonyl (C=O) groups is 1. The highest BCUT2D eigenvalue weighted by atomic mass is 16.2. The molecule has 1 aliphatic heterocycles. The van der Waals surface area contributed by atoms with Crippen LogP contribution in [0.15, 0.2) is 18.2 Å². The summed E-state index contributed by atoms with van der Waals surface area (Å²) in [6.45, 7) is 7.89. The fraction of sp³-hybridized carbons (Fsp3) is 0.696. The first-order valence-corrected chi connectivity index (χ1v) is 10.9. The van der Waals surface area contributed by atoms with Gasteiger partial charge in [-0.25, -0.2) is 4.79 Å². The molecule has 5 fully saturated rings. The number of carbonyl (C=O) groups excluding carboxylic acids is 1. The summed E-state index contributed by atoms with van der Waals surface area (Å²) in [7, 11) is 0. The summed E-state index contributed by atoms with van der Waals surface area (Å²) in [6, 6.07) is 7.17. The lowest BCUT2D eigenvalue weighted by molar-refractivity contribution is -0.0110. The number of nitrogens with one attached hydrogen (secondary N) is 1. The highest BCUT2D eigenvalue weighted by Gasteiger charge is 2.48. The summed E-state index contributed by atoms with van der Waals surface area (Å²) in [6.07, 6.45) is 6.90. The highest BCUT2D eigenvalue weighted by Crippen LogP contribution is 2.53. The molecule has 1 N–H and O–H groups in total. The minimum Gasteiger partial charge on any atom is -0.368 e. The topological polar surface area (TPSA) is 35.6 Å². The Morgan fingerprint density at radius 3 is 2.19 bits per heavy atom. The number of aryl methyl sites for hydroxylation is 1. The molecule has 0 aromatic heterocycles. The predicted octanol–water partition coefficient (Wildman–Crippen LogP) is 3.96. The highest BCUT2D eigenvalue weighted by molar-refractivity contribution is 5.75. The Morgan fingerprint density at radius 2 is 1.56 bits per heavy atom. The van der Waals surface area contributed by atoms with Crippen LogP contribution in [0.1, 0.15) is 43.2 Å². The van der Waals surface area contributed by atoms with Crippen LogP contribution in [-0.4, -0.2) is 43.2 Å². The van der Waals surface area contributed by atoms with Crippen molar-refractivity contribution >= 4 is 11.7 Å². The maximum absolute atomic E-state index is 13.0. The van der Waals surface area contributed by atoms with Crippen LogP contribution in [-0.2, 0) is 0 Å². The second-order valence-electron chi connectivity index (χ2n) is 9.60. The van der Waals surface area contributed by atoms with Gasteiger partial charge in [-0.3, -0.25) is 0 Å². The monoisotopic (exact) mass is 367 g/mol. The number of piperazine rings is 1. The van der Waals surface area contributed by atoms with Crippen LogP contribution in [0.3, 0.4) is 0 Å². The third-order valence-corrected chi connectivity index (χ3v) is 8.00. The third-order valence-electron chi connectivity index (χ3n) is 8.00. The van der Waals surface area contributed by atoms with E-state index in [4.69, 9.17) is 0 Å². The van der Waals surface area contributed by atoms with Gasteiger partial charge in [-0.1, -0.05) is 12.1 Å². The molecular formula is C23H33N3O. The van der Waals surface area contributed by atoms with Gasteiger partial charge in [0.05, 0.1) is 0 Å². The van der Waals surface area contributed by atoms with Gasteiger partial charge in [-0.05, 0) is 86.8 Å². The van der Waals surface area contributed by atoms with Gasteiger partial charge in [0.2, 0.25) is 0 Å². The molecule has 5 aliphatic rings. The number of anilines is 1. The standard InChI is InChI=1S/C23H33N3O/c1-15-4-3-5-21(16(15)2)25-6-8-26(9-7-25)23(27)24-22-19-11-17-10-18(13-19)14-20(22)12-17/h3-5,17-20,22H,6-14H2,1-2H3,(H,24,27). The predicted molar refractivity (Wildman–Crippen MR) is 109 cm³/mol. The summed E-state index contributed by atoms with van der Waals surface area (Å²) < 4.78 is 0. The van der Waals surface area contributed by atoms with E-state index in [1.54, 1.807) is 0 Å². The van der Waals surface area contributed by atoms with Crippen molar-refractivity contribution in [2.75, 3.05) is 31.1 Å². The van der Waals surface area contributed by atoms with E-state index in [0.29, 0.717) is 6.04 Å². The molecule has 6 rings (SSSR count). The van der Waals surface area contributed by atoms with E-state index in [-0.39, 0.29) is 6.03 Å². The summed E-state index contributed by atoms with van der Waals surface area (Å²) in [5, 5.41) is 3.48. The van der Waals surface area contributed by atoms with Gasteiger partial charge in [0.15, 0.2) is 0 Å². The molecule has 146 valence electrons. The number of amides is 2. The van der Waals surface area contributed by atoms with Crippen molar-refractivity contribution in [3.05, 3.63) is 29.3 Å². The Labute approximate surface area is 163 Å². The van der Waals surface area contributed by atoms with Gasteiger partial charge in [-0.15, -0.1) is 0 Å². The van der Waals surface area contributed by atoms with Crippen LogP contribution < -0.4 is 10.2 Å². The van der Waals surface area contributed by atoms with E-state index in [0.717, 1.165) is 49.9 Å². The fourth-order valence-corrected chi connectivity index (χ4v) is 6.62. The van der Waals surface area contributed by atoms with Gasteiger partial charge in [0.1, 0.15) is 0 Å². The second-order valence-corrected chi connectivity index (χ2v) is 9.60. The second kappa shape index (κ2) is 6.72. The minimum atomic E-state index is 0.188. The Hall–Kier alpha value is -1.71. The molecule has 1 aromatic carbocycles. The van der Waals surface area contributed by atoms with Gasteiger partial charge in [-0.2, -0.15) is 0 Å². The number of rotatable bonds is 2. The molecule has 4 saturated carbocycles. The van der Waals surface area contributed by atoms with Crippen molar-refractivity contribution < 1.29 is 4.79 Å². The third kappa shape index (κ3) is 3.11. The molecule has 4 aliphatic carbocycles. The maximum atomic E-state index is 13.0. The average molecular weight is 368 g/mol. The van der Waals surface area contributed by atoms with Crippen LogP contribution in [0.2, 0.25) is 0 Å². The van der Waals surface area contributed by atoms with E-state index in [1.807, 2.05) is 4.90 Å². The van der Waals surface area contributed by atoms with E-state index >= 15 is 0 Å². The quantitative estimate of drug-likeness (QED) is 0.859. The van der Waals surface area contributed by atoms with Crippen LogP contribution in [0, 0.1) is 37.5 Å². The summed E-state index contributed by atoms with van der Waals surface area (Å²) in [4.78, 5) is 17.4. The normalized spacial score (nSPS) is 34.8. The molecule has 0 spiro atoms. The van der Waals surface area contributed by atoms with E-state index in [9.17, 15) is 4.79 Å². The van der Waals surface area contributed by atoms with Crippen LogP contribution >= 0.6 is 0 Å². The summed E-state index contributed by atoms with van der Waals surface area (Å²) in [5.41, 5.74) is 4.04. The lowest BCUT2D eigenvalue weighted by Gasteiger charge is -2.54. The number of urea groups is 1. The molecule has 27 heavy (non-hydrogen) atoms. The van der Waals surface area contributed by atoms with Crippen LogP contribution in [0.25, 0.3) is 0 Å². The summed E-state index contributed by atoms with van der Waals surface area (Å²) in [5.74, 6) is 3.42. The molecule has 0 unspecified atom stereocenters. The Morgan fingerprint density at radius 1 is 0.926 bits per heavy atom. The number of hydrogen-bond acceptors (Lipinski definition) is 2. The molecule has 0 radical (unpaired) electrons. The molecular weight excluding hydrogens is 334 g/mol. The smallest absolute Gasteiger partial charge is 0.317 e. The molecule has 1 saturated heterocycles. The average Bonchev–Trinajstić information content (AvgIpc) is 2.66. The first-order chi connectivity index (χ1) is 13.1. The largest absolute Gasteiger partial charge is 0.368 e. The lowest BCUT2D eigenvalue weighted by Crippen LogP contribution is -2.60. The molecule has 1 aromatic rings. The number of hydrogen-bond donors (Lipinski definition) is 1. The van der Waals surface area contributed by atoms with Crippen molar-refractivity contribution in [2.45, 2.75) is 52.0 Å². The Balaban J connectivity index is 1.19. The minimum absolute atomic E-state index is 0.188. The zero-order valence-corrected chi connectivity index (χ0v) is 16.8. The zero-order chi connectivity index (χ0) is 18.5. The van der Waals surface area contributed by atoms with E-state index in [1.165, 1.54) is 48.9 Å². The van der Waals surface area contributed by atoms with Crippen molar-refractivity contribution in [3.8, 4) is 0 Å². The molecule has 2 amide bonds. The fourth-order valence-electron chi connectivity index (χ4n) is 6.62.